The second kappa shape index (κ2) is 9.00. The number of aromatic nitrogens is 4. The number of hydrogen-bond acceptors (Lipinski definition) is 7. The number of hydrogen-bond donors (Lipinski definition) is 1. The SMILES string of the molecule is CC(=O)Nc1cc2c(-c3cc(OCc4cccnc4)c4c(n3)C3(CCOC3)OCC4)cn(C)c2cn1. The number of rotatable bonds is 5. The molecule has 184 valence electrons. The summed E-state index contributed by atoms with van der Waals surface area (Å²) < 4.78 is 20.5. The number of carbonyl (C=O) groups is 1. The van der Waals surface area contributed by atoms with Gasteiger partial charge >= 0.3 is 0 Å². The molecule has 6 rings (SSSR count). The third-order valence-electron chi connectivity index (χ3n) is 6.80. The fraction of sp³-hybridized carbons (Fsp3) is 0.333. The lowest BCUT2D eigenvalue weighted by atomic mass is 9.89. The van der Waals surface area contributed by atoms with Crippen LogP contribution in [0.3, 0.4) is 0 Å². The predicted octanol–water partition coefficient (Wildman–Crippen LogP) is 3.76. The van der Waals surface area contributed by atoms with Gasteiger partial charge in [-0.1, -0.05) is 6.07 Å². The number of pyridine rings is 3. The van der Waals surface area contributed by atoms with E-state index >= 15 is 0 Å². The van der Waals surface area contributed by atoms with Crippen molar-refractivity contribution in [3.8, 4) is 17.0 Å². The molecule has 2 aliphatic heterocycles. The van der Waals surface area contributed by atoms with Crippen LogP contribution in [0.15, 0.2) is 49.1 Å². The normalized spacial score (nSPS) is 18.9. The minimum absolute atomic E-state index is 0.169. The zero-order valence-corrected chi connectivity index (χ0v) is 20.3. The molecule has 0 aromatic carbocycles. The van der Waals surface area contributed by atoms with Crippen LogP contribution in [0.4, 0.5) is 5.82 Å². The van der Waals surface area contributed by atoms with Gasteiger partial charge < -0.3 is 24.1 Å². The van der Waals surface area contributed by atoms with Gasteiger partial charge in [0.15, 0.2) is 0 Å². The van der Waals surface area contributed by atoms with Crippen LogP contribution in [0.1, 0.15) is 30.2 Å². The number of ether oxygens (including phenoxy) is 3. The highest BCUT2D eigenvalue weighted by Crippen LogP contribution is 2.44. The monoisotopic (exact) mass is 485 g/mol. The van der Waals surface area contributed by atoms with E-state index in [1.54, 1.807) is 12.4 Å². The fourth-order valence-corrected chi connectivity index (χ4v) is 5.07. The zero-order valence-electron chi connectivity index (χ0n) is 20.3. The maximum Gasteiger partial charge on any atom is 0.222 e. The summed E-state index contributed by atoms with van der Waals surface area (Å²) in [5.41, 5.74) is 5.02. The molecule has 9 nitrogen and oxygen atoms in total. The molecule has 9 heteroatoms. The number of aryl methyl sites for hydroxylation is 1. The lowest BCUT2D eigenvalue weighted by Gasteiger charge is -2.34. The summed E-state index contributed by atoms with van der Waals surface area (Å²) in [7, 11) is 1.97. The van der Waals surface area contributed by atoms with Crippen molar-refractivity contribution in [3.63, 3.8) is 0 Å². The Morgan fingerprint density at radius 1 is 1.28 bits per heavy atom. The van der Waals surface area contributed by atoms with Gasteiger partial charge in [0.05, 0.1) is 36.3 Å². The van der Waals surface area contributed by atoms with Crippen molar-refractivity contribution < 1.29 is 19.0 Å². The summed E-state index contributed by atoms with van der Waals surface area (Å²) in [5.74, 6) is 1.12. The van der Waals surface area contributed by atoms with Gasteiger partial charge in [-0.3, -0.25) is 9.78 Å². The van der Waals surface area contributed by atoms with Crippen LogP contribution in [0.25, 0.3) is 22.2 Å². The summed E-state index contributed by atoms with van der Waals surface area (Å²) >= 11 is 0. The van der Waals surface area contributed by atoms with Crippen molar-refractivity contribution in [2.75, 3.05) is 25.1 Å². The van der Waals surface area contributed by atoms with Gasteiger partial charge in [-0.2, -0.15) is 0 Å². The number of carbonyl (C=O) groups excluding carboxylic acids is 1. The molecule has 36 heavy (non-hydrogen) atoms. The summed E-state index contributed by atoms with van der Waals surface area (Å²) in [6, 6.07) is 7.80. The first-order valence-corrected chi connectivity index (χ1v) is 12.0. The van der Waals surface area contributed by atoms with E-state index in [0.29, 0.717) is 32.2 Å². The molecule has 4 aromatic rings. The van der Waals surface area contributed by atoms with Gasteiger partial charge in [0.25, 0.3) is 0 Å². The summed E-state index contributed by atoms with van der Waals surface area (Å²) in [4.78, 5) is 25.4. The number of fused-ring (bicyclic) bond motifs is 3. The maximum atomic E-state index is 11.6. The van der Waals surface area contributed by atoms with E-state index in [1.807, 2.05) is 48.3 Å². The molecule has 1 unspecified atom stereocenters. The van der Waals surface area contributed by atoms with E-state index in [2.05, 4.69) is 15.3 Å². The van der Waals surface area contributed by atoms with Gasteiger partial charge in [-0.15, -0.1) is 0 Å². The van der Waals surface area contributed by atoms with Crippen molar-refractivity contribution in [2.45, 2.75) is 32.0 Å². The van der Waals surface area contributed by atoms with E-state index in [-0.39, 0.29) is 5.91 Å². The fourth-order valence-electron chi connectivity index (χ4n) is 5.07. The Balaban J connectivity index is 1.50. The van der Waals surface area contributed by atoms with E-state index < -0.39 is 5.60 Å². The third kappa shape index (κ3) is 4.00. The third-order valence-corrected chi connectivity index (χ3v) is 6.80. The summed E-state index contributed by atoms with van der Waals surface area (Å²) in [5, 5.41) is 3.72. The molecule has 1 saturated heterocycles. The van der Waals surface area contributed by atoms with E-state index in [9.17, 15) is 4.79 Å². The van der Waals surface area contributed by atoms with Gasteiger partial charge in [0, 0.05) is 80.2 Å². The van der Waals surface area contributed by atoms with Gasteiger partial charge in [0.2, 0.25) is 5.91 Å². The minimum atomic E-state index is -0.566. The first-order chi connectivity index (χ1) is 17.5. The molecule has 4 aromatic heterocycles. The zero-order chi connectivity index (χ0) is 24.7. The highest BCUT2D eigenvalue weighted by atomic mass is 16.6. The van der Waals surface area contributed by atoms with Gasteiger partial charge in [-0.05, 0) is 12.1 Å². The van der Waals surface area contributed by atoms with E-state index in [1.165, 1.54) is 6.92 Å². The molecular weight excluding hydrogens is 458 g/mol. The van der Waals surface area contributed by atoms with Crippen molar-refractivity contribution in [3.05, 3.63) is 65.9 Å². The topological polar surface area (TPSA) is 100 Å². The molecule has 6 heterocycles. The Bertz CT molecular complexity index is 1440. The molecule has 1 spiro atoms. The second-order valence-corrected chi connectivity index (χ2v) is 9.30. The Labute approximate surface area is 208 Å². The van der Waals surface area contributed by atoms with E-state index in [0.717, 1.165) is 57.6 Å². The van der Waals surface area contributed by atoms with Gasteiger partial charge in [-0.25, -0.2) is 9.97 Å². The second-order valence-electron chi connectivity index (χ2n) is 9.30. The van der Waals surface area contributed by atoms with Crippen molar-refractivity contribution in [1.29, 1.82) is 0 Å². The van der Waals surface area contributed by atoms with Crippen molar-refractivity contribution in [1.82, 2.24) is 19.5 Å². The Morgan fingerprint density at radius 3 is 2.97 bits per heavy atom. The number of nitrogens with zero attached hydrogens (tertiary/aromatic N) is 4. The highest BCUT2D eigenvalue weighted by molar-refractivity contribution is 5.98. The molecule has 1 N–H and O–H groups in total. The quantitative estimate of drug-likeness (QED) is 0.459. The van der Waals surface area contributed by atoms with Crippen molar-refractivity contribution in [2.24, 2.45) is 7.05 Å². The van der Waals surface area contributed by atoms with Crippen LogP contribution >= 0.6 is 0 Å². The summed E-state index contributed by atoms with van der Waals surface area (Å²) in [6.07, 6.45) is 8.83. The molecular formula is C27H27N5O4. The van der Waals surface area contributed by atoms with Crippen LogP contribution in [-0.4, -0.2) is 45.2 Å². The highest BCUT2D eigenvalue weighted by Gasteiger charge is 2.44. The largest absolute Gasteiger partial charge is 0.488 e. The van der Waals surface area contributed by atoms with Crippen LogP contribution in [0.5, 0.6) is 5.75 Å². The molecule has 1 amide bonds. The van der Waals surface area contributed by atoms with Crippen LogP contribution in [0.2, 0.25) is 0 Å². The van der Waals surface area contributed by atoms with Crippen LogP contribution < -0.4 is 10.1 Å². The first kappa shape index (κ1) is 22.6. The molecule has 1 fully saturated rings. The number of amides is 1. The van der Waals surface area contributed by atoms with E-state index in [4.69, 9.17) is 19.2 Å². The minimum Gasteiger partial charge on any atom is -0.488 e. The molecule has 0 bridgehead atoms. The molecule has 0 radical (unpaired) electrons. The first-order valence-electron chi connectivity index (χ1n) is 12.0. The molecule has 2 aliphatic rings. The van der Waals surface area contributed by atoms with Crippen LogP contribution in [-0.2, 0) is 39.9 Å². The number of anilines is 1. The van der Waals surface area contributed by atoms with Crippen LogP contribution in [0, 0.1) is 0 Å². The number of nitrogens with one attached hydrogen (secondary N) is 1. The van der Waals surface area contributed by atoms with Gasteiger partial charge in [0.1, 0.15) is 23.8 Å². The average Bonchev–Trinajstić information content (AvgIpc) is 3.48. The lowest BCUT2D eigenvalue weighted by molar-refractivity contribution is -0.114. The standard InChI is InChI=1S/C27H27N5O4/c1-17(33)30-25-10-20-21(14-32(2)23(20)13-29-25)22-11-24(35-15-18-4-3-7-28-12-18)19-5-8-36-27(26(19)31-22)6-9-34-16-27/h3-4,7,10-14H,5-6,8-9,15-16H2,1-2H3,(H,29,30,33). The Hall–Kier alpha value is -3.82. The molecule has 0 aliphatic carbocycles. The predicted molar refractivity (Wildman–Crippen MR) is 134 cm³/mol. The Kier molecular flexibility index (Phi) is 5.66. The average molecular weight is 486 g/mol. The Morgan fingerprint density at radius 2 is 2.19 bits per heavy atom. The smallest absolute Gasteiger partial charge is 0.222 e. The summed E-state index contributed by atoms with van der Waals surface area (Å²) in [6.45, 7) is 3.58. The molecule has 1 atom stereocenters. The maximum absolute atomic E-state index is 11.6. The molecule has 0 saturated carbocycles. The van der Waals surface area contributed by atoms with Crippen molar-refractivity contribution >= 4 is 22.6 Å². The lowest BCUT2D eigenvalue weighted by Crippen LogP contribution is -2.37.